The Hall–Kier alpha value is -4.49. The summed E-state index contributed by atoms with van der Waals surface area (Å²) in [6.45, 7) is 4.30. The zero-order valence-corrected chi connectivity index (χ0v) is 25.1. The van der Waals surface area contributed by atoms with Crippen molar-refractivity contribution in [3.05, 3.63) is 102 Å². The van der Waals surface area contributed by atoms with Gasteiger partial charge in [0.25, 0.3) is 5.91 Å². The third-order valence-electron chi connectivity index (χ3n) is 6.65. The molecule has 0 unspecified atom stereocenters. The zero-order valence-electron chi connectivity index (χ0n) is 23.5. The molecule has 5 rings (SSSR count). The first-order chi connectivity index (χ1) is 20.5. The maximum atomic E-state index is 13.8. The first-order valence-electron chi connectivity index (χ1n) is 13.4. The van der Waals surface area contributed by atoms with Gasteiger partial charge in [-0.1, -0.05) is 35.4 Å². The number of amides is 1. The quantitative estimate of drug-likeness (QED) is 0.233. The minimum atomic E-state index is -4.47. The van der Waals surface area contributed by atoms with E-state index in [1.54, 1.807) is 42.2 Å². The van der Waals surface area contributed by atoms with Crippen molar-refractivity contribution < 1.29 is 34.7 Å². The second kappa shape index (κ2) is 12.4. The highest BCUT2D eigenvalue weighted by molar-refractivity contribution is 7.87. The van der Waals surface area contributed by atoms with E-state index in [0.717, 1.165) is 30.0 Å². The number of benzene rings is 3. The van der Waals surface area contributed by atoms with Gasteiger partial charge in [-0.2, -0.15) is 16.8 Å². The highest BCUT2D eigenvalue weighted by Gasteiger charge is 2.31. The summed E-state index contributed by atoms with van der Waals surface area (Å²) in [5.41, 5.74) is 1.48. The molecule has 1 saturated heterocycles. The van der Waals surface area contributed by atoms with Crippen molar-refractivity contribution in [2.75, 3.05) is 13.1 Å². The van der Waals surface area contributed by atoms with Crippen LogP contribution in [0.2, 0.25) is 0 Å². The van der Waals surface area contributed by atoms with E-state index in [4.69, 9.17) is 13.1 Å². The summed E-state index contributed by atoms with van der Waals surface area (Å²) in [4.78, 5) is 23.3. The average Bonchev–Trinajstić information content (AvgIpc) is 3.52. The van der Waals surface area contributed by atoms with Gasteiger partial charge in [-0.25, -0.2) is 9.97 Å². The van der Waals surface area contributed by atoms with Crippen LogP contribution in [0.5, 0.6) is 17.2 Å². The first kappa shape index (κ1) is 30.0. The van der Waals surface area contributed by atoms with E-state index in [2.05, 4.69) is 9.97 Å². The molecular weight excluding hydrogens is 594 g/mol. The Balaban J connectivity index is 1.62. The van der Waals surface area contributed by atoms with Gasteiger partial charge in [-0.3, -0.25) is 4.79 Å². The second-order valence-corrected chi connectivity index (χ2v) is 13.0. The molecule has 11 nitrogen and oxygen atoms in total. The molecule has 2 heterocycles. The Morgan fingerprint density at radius 3 is 1.84 bits per heavy atom. The first-order valence-corrected chi connectivity index (χ1v) is 16.2. The Labute approximate surface area is 250 Å². The van der Waals surface area contributed by atoms with E-state index < -0.39 is 31.9 Å². The molecule has 3 aromatic carbocycles. The second-order valence-electron chi connectivity index (χ2n) is 9.95. The molecule has 1 aliphatic rings. The molecule has 1 fully saturated rings. The summed E-state index contributed by atoms with van der Waals surface area (Å²) in [5.74, 6) is -1.19. The number of hydrogen-bond acceptors (Lipinski definition) is 10. The molecule has 1 aliphatic heterocycles. The highest BCUT2D eigenvalue weighted by atomic mass is 32.2. The van der Waals surface area contributed by atoms with Crippen LogP contribution in [0.4, 0.5) is 0 Å². The van der Waals surface area contributed by atoms with Crippen molar-refractivity contribution in [3.8, 4) is 17.2 Å². The van der Waals surface area contributed by atoms with E-state index in [9.17, 15) is 21.6 Å². The molecule has 1 aromatic heterocycles. The van der Waals surface area contributed by atoms with Crippen LogP contribution < -0.4 is 13.1 Å². The van der Waals surface area contributed by atoms with Crippen molar-refractivity contribution >= 4 is 26.1 Å². The van der Waals surface area contributed by atoms with Gasteiger partial charge in [-0.05, 0) is 57.0 Å². The minimum absolute atomic E-state index is 0.120. The van der Waals surface area contributed by atoms with Crippen LogP contribution in [0, 0.1) is 13.8 Å². The van der Waals surface area contributed by atoms with Gasteiger partial charge in [0.05, 0.1) is 0 Å². The Kier molecular flexibility index (Phi) is 8.64. The number of ether oxygens (including phenoxy) is 1. The molecule has 0 radical (unpaired) electrons. The van der Waals surface area contributed by atoms with E-state index in [1.807, 2.05) is 6.92 Å². The lowest BCUT2D eigenvalue weighted by Gasteiger charge is -2.21. The average molecular weight is 624 g/mol. The molecule has 0 spiro atoms. The van der Waals surface area contributed by atoms with Crippen LogP contribution in [0.3, 0.4) is 0 Å². The van der Waals surface area contributed by atoms with E-state index in [1.165, 1.54) is 42.7 Å². The summed E-state index contributed by atoms with van der Waals surface area (Å²) in [7, 11) is -8.83. The highest BCUT2D eigenvalue weighted by Crippen LogP contribution is 2.39. The Morgan fingerprint density at radius 1 is 0.767 bits per heavy atom. The number of carbonyl (C=O) groups excluding carboxylic acids is 1. The van der Waals surface area contributed by atoms with Crippen molar-refractivity contribution in [3.63, 3.8) is 0 Å². The number of aryl methyl sites for hydroxylation is 2. The lowest BCUT2D eigenvalue weighted by atomic mass is 10.1. The monoisotopic (exact) mass is 623 g/mol. The topological polar surface area (TPSA) is 142 Å². The van der Waals surface area contributed by atoms with Crippen molar-refractivity contribution in [1.29, 1.82) is 0 Å². The number of likely N-dealkylation sites (tertiary alicyclic amines) is 1. The fourth-order valence-electron chi connectivity index (χ4n) is 4.38. The molecule has 0 atom stereocenters. The third kappa shape index (κ3) is 7.12. The van der Waals surface area contributed by atoms with E-state index >= 15 is 0 Å². The van der Waals surface area contributed by atoms with Crippen molar-refractivity contribution in [1.82, 2.24) is 14.9 Å². The Bertz CT molecular complexity index is 1820. The smallest absolute Gasteiger partial charge is 0.339 e. The fraction of sp³-hybridized carbons (Fsp3) is 0.233. The molecular formula is C30H29N3O8S2. The summed E-state index contributed by atoms with van der Waals surface area (Å²) < 4.78 is 70.0. The predicted molar refractivity (Wildman–Crippen MR) is 156 cm³/mol. The third-order valence-corrected chi connectivity index (χ3v) is 9.16. The maximum Gasteiger partial charge on any atom is 0.339 e. The molecule has 0 bridgehead atoms. The molecule has 0 N–H and O–H groups in total. The number of hydrogen-bond donors (Lipinski definition) is 0. The SMILES string of the molecule is Cc1ccc(S(=O)(=O)Oc2cc(OCc3ncccn3)c(C(=O)N3CCCC3)c(OS(=O)(=O)c3ccc(C)cc3)c2)cc1. The largest absolute Gasteiger partial charge is 0.484 e. The molecule has 13 heteroatoms. The summed E-state index contributed by atoms with van der Waals surface area (Å²) in [5, 5.41) is 0. The molecule has 0 saturated carbocycles. The van der Waals surface area contributed by atoms with Gasteiger partial charge >= 0.3 is 20.2 Å². The van der Waals surface area contributed by atoms with Crippen LogP contribution in [0.1, 0.15) is 40.2 Å². The van der Waals surface area contributed by atoms with E-state index in [0.29, 0.717) is 13.1 Å². The fourth-order valence-corrected chi connectivity index (χ4v) is 6.23. The Morgan fingerprint density at radius 2 is 1.28 bits per heavy atom. The van der Waals surface area contributed by atoms with Gasteiger partial charge < -0.3 is 18.0 Å². The molecule has 4 aromatic rings. The molecule has 0 aliphatic carbocycles. The lowest BCUT2D eigenvalue weighted by molar-refractivity contribution is 0.0785. The molecule has 1 amide bonds. The van der Waals surface area contributed by atoms with Gasteiger partial charge in [-0.15, -0.1) is 0 Å². The van der Waals surface area contributed by atoms with Crippen LogP contribution in [-0.2, 0) is 26.8 Å². The van der Waals surface area contributed by atoms with Crippen LogP contribution in [-0.4, -0.2) is 50.7 Å². The predicted octanol–water partition coefficient (Wildman–Crippen LogP) is 4.44. The number of carbonyl (C=O) groups is 1. The zero-order chi connectivity index (χ0) is 30.6. The van der Waals surface area contributed by atoms with Gasteiger partial charge in [0, 0.05) is 37.6 Å². The lowest BCUT2D eigenvalue weighted by Crippen LogP contribution is -2.29. The molecule has 43 heavy (non-hydrogen) atoms. The maximum absolute atomic E-state index is 13.8. The van der Waals surface area contributed by atoms with Crippen LogP contribution >= 0.6 is 0 Å². The van der Waals surface area contributed by atoms with Gasteiger partial charge in [0.1, 0.15) is 33.5 Å². The molecule has 224 valence electrons. The van der Waals surface area contributed by atoms with E-state index in [-0.39, 0.29) is 39.3 Å². The summed E-state index contributed by atoms with van der Waals surface area (Å²) in [6, 6.07) is 15.9. The number of nitrogens with zero attached hydrogens (tertiary/aromatic N) is 3. The minimum Gasteiger partial charge on any atom is -0.484 e. The van der Waals surface area contributed by atoms with Crippen molar-refractivity contribution in [2.45, 2.75) is 43.1 Å². The summed E-state index contributed by atoms with van der Waals surface area (Å²) in [6.07, 6.45) is 4.57. The summed E-state index contributed by atoms with van der Waals surface area (Å²) >= 11 is 0. The van der Waals surface area contributed by atoms with Crippen LogP contribution in [0.15, 0.2) is 88.9 Å². The normalized spacial score (nSPS) is 13.5. The standard InChI is InChI=1S/C30H29N3O8S2/c1-21-6-10-24(11-7-21)42(35,36)40-23-18-26(39-20-28-31-14-5-15-32-28)29(30(34)33-16-3-4-17-33)27(19-23)41-43(37,38)25-12-8-22(2)9-13-25/h5-15,18-19H,3-4,16-17,20H2,1-2H3. The number of rotatable bonds is 10. The number of aromatic nitrogens is 2. The van der Waals surface area contributed by atoms with Crippen LogP contribution in [0.25, 0.3) is 0 Å². The van der Waals surface area contributed by atoms with Gasteiger partial charge in [0.15, 0.2) is 11.6 Å². The van der Waals surface area contributed by atoms with Crippen molar-refractivity contribution in [2.24, 2.45) is 0 Å². The van der Waals surface area contributed by atoms with Gasteiger partial charge in [0.2, 0.25) is 0 Å².